The Morgan fingerprint density at radius 1 is 1.26 bits per heavy atom. The van der Waals surface area contributed by atoms with Gasteiger partial charge in [-0.3, -0.25) is 4.98 Å². The number of methoxy groups -OCH3 is 1. The molecule has 0 spiro atoms. The smallest absolute Gasteiger partial charge is 0.354 e. The summed E-state index contributed by atoms with van der Waals surface area (Å²) in [7, 11) is 1.44. The van der Waals surface area contributed by atoms with Gasteiger partial charge in [-0.05, 0) is 30.2 Å². The predicted octanol–water partition coefficient (Wildman–Crippen LogP) is 4.68. The molecular weight excluding hydrogens is 439 g/mol. The number of ether oxygens (including phenoxy) is 1. The Morgan fingerprint density at radius 2 is 2.12 bits per heavy atom. The van der Waals surface area contributed by atoms with Crippen molar-refractivity contribution < 1.29 is 23.4 Å². The molecule has 1 N–H and O–H groups in total. The SMILES string of the molecule is COc1cc(C(=O)O)ncc1-c1cc2nccc(-c3ccc(N4CC[C@H](F)C4)c(C#N)c3)c2o1. The third kappa shape index (κ3) is 3.69. The number of hydrogen-bond donors (Lipinski definition) is 1. The second-order valence-corrected chi connectivity index (χ2v) is 7.93. The number of pyridine rings is 2. The summed E-state index contributed by atoms with van der Waals surface area (Å²) in [6.45, 7) is 0.860. The Balaban J connectivity index is 1.58. The van der Waals surface area contributed by atoms with Crippen LogP contribution in [-0.2, 0) is 0 Å². The molecule has 1 atom stereocenters. The van der Waals surface area contributed by atoms with Crippen molar-refractivity contribution in [3.05, 3.63) is 60.0 Å². The van der Waals surface area contributed by atoms with Crippen LogP contribution in [0.3, 0.4) is 0 Å². The molecule has 5 rings (SSSR count). The maximum Gasteiger partial charge on any atom is 0.354 e. The van der Waals surface area contributed by atoms with Crippen molar-refractivity contribution in [2.75, 3.05) is 25.1 Å². The molecule has 4 heterocycles. The number of benzene rings is 1. The lowest BCUT2D eigenvalue weighted by Gasteiger charge is -2.19. The highest BCUT2D eigenvalue weighted by atomic mass is 19.1. The molecule has 1 aliphatic heterocycles. The fourth-order valence-corrected chi connectivity index (χ4v) is 4.21. The number of carboxylic acid groups (broad SMARTS) is 1. The number of anilines is 1. The van der Waals surface area contributed by atoms with E-state index in [0.29, 0.717) is 52.4 Å². The minimum Gasteiger partial charge on any atom is -0.496 e. The molecular formula is C25H19FN4O4. The number of hydrogen-bond acceptors (Lipinski definition) is 7. The van der Waals surface area contributed by atoms with Gasteiger partial charge >= 0.3 is 5.97 Å². The molecule has 4 aromatic rings. The van der Waals surface area contributed by atoms with E-state index in [-0.39, 0.29) is 12.2 Å². The largest absolute Gasteiger partial charge is 0.496 e. The Kier molecular flexibility index (Phi) is 5.34. The number of halogens is 1. The summed E-state index contributed by atoms with van der Waals surface area (Å²) in [5.74, 6) is -0.438. The van der Waals surface area contributed by atoms with Crippen LogP contribution in [0, 0.1) is 11.3 Å². The molecule has 170 valence electrons. The summed E-state index contributed by atoms with van der Waals surface area (Å²) in [6.07, 6.45) is 2.60. The lowest BCUT2D eigenvalue weighted by molar-refractivity contribution is 0.0690. The van der Waals surface area contributed by atoms with Crippen LogP contribution in [0.2, 0.25) is 0 Å². The molecule has 8 nitrogen and oxygen atoms in total. The first-order valence-electron chi connectivity index (χ1n) is 10.6. The molecule has 0 amide bonds. The maximum absolute atomic E-state index is 13.7. The normalized spacial score (nSPS) is 15.4. The lowest BCUT2D eigenvalue weighted by atomic mass is 10.0. The van der Waals surface area contributed by atoms with Crippen molar-refractivity contribution >= 4 is 22.8 Å². The van der Waals surface area contributed by atoms with Crippen LogP contribution in [0.4, 0.5) is 10.1 Å². The molecule has 1 aromatic carbocycles. The van der Waals surface area contributed by atoms with Crippen molar-refractivity contribution in [2.24, 2.45) is 0 Å². The Bertz CT molecular complexity index is 1460. The monoisotopic (exact) mass is 458 g/mol. The molecule has 1 fully saturated rings. The Morgan fingerprint density at radius 3 is 2.82 bits per heavy atom. The quantitative estimate of drug-likeness (QED) is 0.459. The Labute approximate surface area is 193 Å². The average Bonchev–Trinajstić information content (AvgIpc) is 3.49. The van der Waals surface area contributed by atoms with Gasteiger partial charge in [-0.1, -0.05) is 6.07 Å². The van der Waals surface area contributed by atoms with Gasteiger partial charge in [0.25, 0.3) is 0 Å². The molecule has 0 saturated carbocycles. The van der Waals surface area contributed by atoms with Gasteiger partial charge < -0.3 is 19.2 Å². The number of aromatic carboxylic acids is 1. The highest BCUT2D eigenvalue weighted by Gasteiger charge is 2.24. The summed E-state index contributed by atoms with van der Waals surface area (Å²) in [5, 5.41) is 18.9. The standard InChI is InChI=1S/C25H19FN4O4/c1-33-22-10-20(25(31)32)29-12-18(22)23-9-19-24(34-23)17(4-6-28-19)14-2-3-21(15(8-14)11-27)30-7-5-16(26)13-30/h2-4,6,8-10,12,16H,5,7,13H2,1H3,(H,31,32)/t16-/m0/s1. The van der Waals surface area contributed by atoms with E-state index in [0.717, 1.165) is 11.1 Å². The summed E-state index contributed by atoms with van der Waals surface area (Å²) in [5.41, 5.74) is 4.09. The fraction of sp³-hybridized carbons (Fsp3) is 0.200. The molecule has 3 aromatic heterocycles. The van der Waals surface area contributed by atoms with Gasteiger partial charge in [-0.2, -0.15) is 5.26 Å². The van der Waals surface area contributed by atoms with E-state index in [9.17, 15) is 19.6 Å². The fourth-order valence-electron chi connectivity index (χ4n) is 4.21. The topological polar surface area (TPSA) is 112 Å². The molecule has 0 unspecified atom stereocenters. The molecule has 1 aliphatic rings. The van der Waals surface area contributed by atoms with Crippen molar-refractivity contribution in [1.82, 2.24) is 9.97 Å². The third-order valence-electron chi connectivity index (χ3n) is 5.88. The first-order chi connectivity index (χ1) is 16.5. The van der Waals surface area contributed by atoms with Crippen LogP contribution in [-0.4, -0.2) is 47.4 Å². The number of alkyl halides is 1. The number of aromatic nitrogens is 2. The van der Waals surface area contributed by atoms with Crippen LogP contribution in [0.15, 0.2) is 53.2 Å². The number of carbonyl (C=O) groups is 1. The van der Waals surface area contributed by atoms with E-state index in [1.54, 1.807) is 24.4 Å². The summed E-state index contributed by atoms with van der Waals surface area (Å²) in [6, 6.07) is 12.5. The number of fused-ring (bicyclic) bond motifs is 1. The second kappa shape index (κ2) is 8.48. The average molecular weight is 458 g/mol. The van der Waals surface area contributed by atoms with Crippen LogP contribution >= 0.6 is 0 Å². The second-order valence-electron chi connectivity index (χ2n) is 7.93. The van der Waals surface area contributed by atoms with Gasteiger partial charge in [0.2, 0.25) is 0 Å². The van der Waals surface area contributed by atoms with E-state index in [1.807, 2.05) is 17.0 Å². The first kappa shape index (κ1) is 21.4. The number of nitriles is 1. The minimum absolute atomic E-state index is 0.142. The number of carboxylic acids is 1. The minimum atomic E-state index is -1.16. The van der Waals surface area contributed by atoms with Gasteiger partial charge in [0, 0.05) is 43.2 Å². The molecule has 34 heavy (non-hydrogen) atoms. The lowest BCUT2D eigenvalue weighted by Crippen LogP contribution is -2.20. The van der Waals surface area contributed by atoms with Crippen molar-refractivity contribution in [2.45, 2.75) is 12.6 Å². The zero-order valence-corrected chi connectivity index (χ0v) is 18.2. The number of furan rings is 1. The van der Waals surface area contributed by atoms with E-state index >= 15 is 0 Å². The van der Waals surface area contributed by atoms with Crippen LogP contribution in [0.25, 0.3) is 33.6 Å². The maximum atomic E-state index is 13.7. The molecule has 0 radical (unpaired) electrons. The highest BCUT2D eigenvalue weighted by molar-refractivity contribution is 5.94. The van der Waals surface area contributed by atoms with Gasteiger partial charge in [-0.25, -0.2) is 14.2 Å². The number of rotatable bonds is 5. The van der Waals surface area contributed by atoms with E-state index < -0.39 is 12.1 Å². The summed E-state index contributed by atoms with van der Waals surface area (Å²) in [4.78, 5) is 21.5. The van der Waals surface area contributed by atoms with E-state index in [1.165, 1.54) is 19.4 Å². The van der Waals surface area contributed by atoms with Crippen molar-refractivity contribution in [3.63, 3.8) is 0 Å². The highest BCUT2D eigenvalue weighted by Crippen LogP contribution is 2.38. The van der Waals surface area contributed by atoms with Crippen molar-refractivity contribution in [3.8, 4) is 34.3 Å². The number of nitrogens with zero attached hydrogens (tertiary/aromatic N) is 4. The Hall–Kier alpha value is -4.45. The van der Waals surface area contributed by atoms with Gasteiger partial charge in [0.15, 0.2) is 11.3 Å². The van der Waals surface area contributed by atoms with Gasteiger partial charge in [0.05, 0.1) is 23.9 Å². The predicted molar refractivity (Wildman–Crippen MR) is 123 cm³/mol. The third-order valence-corrected chi connectivity index (χ3v) is 5.88. The van der Waals surface area contributed by atoms with Gasteiger partial charge in [-0.15, -0.1) is 0 Å². The molecule has 9 heteroatoms. The van der Waals surface area contributed by atoms with Crippen LogP contribution < -0.4 is 9.64 Å². The van der Waals surface area contributed by atoms with E-state index in [2.05, 4.69) is 16.0 Å². The first-order valence-corrected chi connectivity index (χ1v) is 10.6. The molecule has 0 bridgehead atoms. The van der Waals surface area contributed by atoms with Crippen LogP contribution in [0.1, 0.15) is 22.5 Å². The van der Waals surface area contributed by atoms with Gasteiger partial charge in [0.1, 0.15) is 29.3 Å². The zero-order valence-electron chi connectivity index (χ0n) is 18.2. The zero-order chi connectivity index (χ0) is 23.8. The summed E-state index contributed by atoms with van der Waals surface area (Å²) < 4.78 is 25.2. The van der Waals surface area contributed by atoms with Crippen LogP contribution in [0.5, 0.6) is 5.75 Å². The molecule has 1 saturated heterocycles. The summed E-state index contributed by atoms with van der Waals surface area (Å²) >= 11 is 0. The molecule has 0 aliphatic carbocycles. The van der Waals surface area contributed by atoms with E-state index in [4.69, 9.17) is 9.15 Å². The van der Waals surface area contributed by atoms with Crippen molar-refractivity contribution in [1.29, 1.82) is 5.26 Å².